The van der Waals surface area contributed by atoms with Gasteiger partial charge in [0.1, 0.15) is 5.82 Å². The molecule has 0 radical (unpaired) electrons. The molecule has 0 amide bonds. The first-order chi connectivity index (χ1) is 12.0. The Morgan fingerprint density at radius 1 is 1.04 bits per heavy atom. The van der Waals surface area contributed by atoms with Gasteiger partial charge in [0, 0.05) is 24.6 Å². The SMILES string of the molecule is CC(C)Nc1nc(C(C)C)cc(N2C[C@H]3CC[C@H]2c2ccccc23)n1. The molecule has 4 heteroatoms. The highest BCUT2D eigenvalue weighted by Gasteiger charge is 2.38. The summed E-state index contributed by atoms with van der Waals surface area (Å²) in [4.78, 5) is 12.1. The number of aromatic nitrogens is 2. The van der Waals surface area contributed by atoms with Crippen LogP contribution in [0.25, 0.3) is 0 Å². The standard InChI is InChI=1S/C21H28N4/c1-13(2)18-11-20(24-21(23-18)22-14(3)4)25-12-15-9-10-19(25)17-8-6-5-7-16(15)17/h5-8,11,13-15,19H,9-10,12H2,1-4H3,(H,22,23,24)/t15-,19+/m1/s1. The van der Waals surface area contributed by atoms with E-state index in [-0.39, 0.29) is 0 Å². The summed E-state index contributed by atoms with van der Waals surface area (Å²) in [6.45, 7) is 9.72. The maximum absolute atomic E-state index is 4.88. The van der Waals surface area contributed by atoms with E-state index >= 15 is 0 Å². The third-order valence-electron chi connectivity index (χ3n) is 5.41. The van der Waals surface area contributed by atoms with Crippen LogP contribution in [0, 0.1) is 0 Å². The van der Waals surface area contributed by atoms with Gasteiger partial charge in [-0.15, -0.1) is 0 Å². The zero-order chi connectivity index (χ0) is 17.6. The van der Waals surface area contributed by atoms with Crippen molar-refractivity contribution in [2.24, 2.45) is 0 Å². The van der Waals surface area contributed by atoms with Crippen LogP contribution < -0.4 is 10.2 Å². The number of nitrogens with zero attached hydrogens (tertiary/aromatic N) is 3. The molecular weight excluding hydrogens is 308 g/mol. The predicted octanol–water partition coefficient (Wildman–Crippen LogP) is 4.86. The number of piperidine rings is 1. The zero-order valence-electron chi connectivity index (χ0n) is 15.7. The molecule has 2 atom stereocenters. The van der Waals surface area contributed by atoms with Crippen LogP contribution in [0.4, 0.5) is 11.8 Å². The fourth-order valence-corrected chi connectivity index (χ4v) is 4.21. The van der Waals surface area contributed by atoms with Gasteiger partial charge in [0.15, 0.2) is 0 Å². The van der Waals surface area contributed by atoms with Crippen molar-refractivity contribution in [2.75, 3.05) is 16.8 Å². The Kier molecular flexibility index (Phi) is 4.14. The van der Waals surface area contributed by atoms with Crippen molar-refractivity contribution in [3.63, 3.8) is 0 Å². The number of fused-ring (bicyclic) bond motifs is 2. The van der Waals surface area contributed by atoms with Gasteiger partial charge in [-0.1, -0.05) is 38.1 Å². The number of rotatable bonds is 4. The predicted molar refractivity (Wildman–Crippen MR) is 103 cm³/mol. The fourth-order valence-electron chi connectivity index (χ4n) is 4.21. The molecule has 1 N–H and O–H groups in total. The molecule has 0 spiro atoms. The summed E-state index contributed by atoms with van der Waals surface area (Å²) in [5, 5.41) is 3.39. The summed E-state index contributed by atoms with van der Waals surface area (Å²) >= 11 is 0. The Balaban J connectivity index is 1.74. The van der Waals surface area contributed by atoms with E-state index in [1.807, 2.05) is 0 Å². The number of nitrogens with one attached hydrogen (secondary N) is 1. The lowest BCUT2D eigenvalue weighted by Gasteiger charge is -2.47. The first kappa shape index (κ1) is 16.4. The minimum Gasteiger partial charge on any atom is -0.352 e. The van der Waals surface area contributed by atoms with Crippen LogP contribution in [0.5, 0.6) is 0 Å². The van der Waals surface area contributed by atoms with Gasteiger partial charge in [-0.05, 0) is 43.7 Å². The third kappa shape index (κ3) is 2.99. The lowest BCUT2D eigenvalue weighted by molar-refractivity contribution is 0.387. The van der Waals surface area contributed by atoms with Gasteiger partial charge in [0.05, 0.1) is 11.7 Å². The maximum atomic E-state index is 4.88. The summed E-state index contributed by atoms with van der Waals surface area (Å²) in [6.07, 6.45) is 2.51. The number of hydrogen-bond donors (Lipinski definition) is 1. The topological polar surface area (TPSA) is 41.1 Å². The van der Waals surface area contributed by atoms with Gasteiger partial charge in [0.2, 0.25) is 5.95 Å². The highest BCUT2D eigenvalue weighted by atomic mass is 15.3. The maximum Gasteiger partial charge on any atom is 0.225 e. The second kappa shape index (κ2) is 6.32. The van der Waals surface area contributed by atoms with E-state index < -0.39 is 0 Å². The molecule has 1 aromatic carbocycles. The minimum absolute atomic E-state index is 0.328. The molecule has 1 aromatic heterocycles. The molecule has 5 rings (SSSR count). The molecule has 25 heavy (non-hydrogen) atoms. The molecule has 2 aromatic rings. The van der Waals surface area contributed by atoms with Crippen molar-refractivity contribution in [1.29, 1.82) is 0 Å². The molecule has 1 fully saturated rings. The third-order valence-corrected chi connectivity index (χ3v) is 5.41. The van der Waals surface area contributed by atoms with E-state index in [0.717, 1.165) is 24.0 Å². The molecule has 3 heterocycles. The molecular formula is C21H28N4. The molecule has 3 aliphatic rings. The number of hydrogen-bond acceptors (Lipinski definition) is 4. The Bertz CT molecular complexity index is 768. The minimum atomic E-state index is 0.328. The monoisotopic (exact) mass is 336 g/mol. The highest BCUT2D eigenvalue weighted by Crippen LogP contribution is 2.48. The average molecular weight is 336 g/mol. The number of benzene rings is 1. The van der Waals surface area contributed by atoms with Crippen LogP contribution in [-0.4, -0.2) is 22.6 Å². The second-order valence-corrected chi connectivity index (χ2v) is 8.00. The summed E-state index contributed by atoms with van der Waals surface area (Å²) < 4.78 is 0. The van der Waals surface area contributed by atoms with Gasteiger partial charge in [-0.3, -0.25) is 0 Å². The van der Waals surface area contributed by atoms with Crippen LogP contribution in [0.15, 0.2) is 30.3 Å². The first-order valence-corrected chi connectivity index (χ1v) is 9.54. The Hall–Kier alpha value is -2.10. The van der Waals surface area contributed by atoms with Crippen LogP contribution in [0.1, 0.15) is 75.2 Å². The smallest absolute Gasteiger partial charge is 0.225 e. The van der Waals surface area contributed by atoms with Crippen molar-refractivity contribution in [3.05, 3.63) is 47.2 Å². The van der Waals surface area contributed by atoms with E-state index in [1.54, 1.807) is 5.56 Å². The van der Waals surface area contributed by atoms with Gasteiger partial charge in [0.25, 0.3) is 0 Å². The van der Waals surface area contributed by atoms with E-state index in [9.17, 15) is 0 Å². The fraction of sp³-hybridized carbons (Fsp3) is 0.524. The van der Waals surface area contributed by atoms with Crippen molar-refractivity contribution < 1.29 is 0 Å². The highest BCUT2D eigenvalue weighted by molar-refractivity contribution is 5.53. The first-order valence-electron chi connectivity index (χ1n) is 9.54. The van der Waals surface area contributed by atoms with Crippen molar-refractivity contribution in [2.45, 2.75) is 64.5 Å². The Morgan fingerprint density at radius 2 is 1.80 bits per heavy atom. The lowest BCUT2D eigenvalue weighted by atomic mass is 9.75. The molecule has 0 unspecified atom stereocenters. The van der Waals surface area contributed by atoms with Gasteiger partial charge in [-0.25, -0.2) is 4.98 Å². The molecule has 1 saturated heterocycles. The molecule has 0 saturated carbocycles. The van der Waals surface area contributed by atoms with Gasteiger partial charge in [-0.2, -0.15) is 4.98 Å². The summed E-state index contributed by atoms with van der Waals surface area (Å²) in [6, 6.07) is 11.9. The zero-order valence-corrected chi connectivity index (χ0v) is 15.7. The van der Waals surface area contributed by atoms with Crippen LogP contribution >= 0.6 is 0 Å². The van der Waals surface area contributed by atoms with Crippen molar-refractivity contribution in [1.82, 2.24) is 9.97 Å². The van der Waals surface area contributed by atoms with E-state index in [1.165, 1.54) is 18.4 Å². The summed E-state index contributed by atoms with van der Waals surface area (Å²) in [7, 11) is 0. The molecule has 4 nitrogen and oxygen atoms in total. The van der Waals surface area contributed by atoms with Crippen LogP contribution in [0.3, 0.4) is 0 Å². The summed E-state index contributed by atoms with van der Waals surface area (Å²) in [5.74, 6) is 2.85. The number of anilines is 2. The second-order valence-electron chi connectivity index (χ2n) is 8.00. The summed E-state index contributed by atoms with van der Waals surface area (Å²) in [5.41, 5.74) is 4.16. The lowest BCUT2D eigenvalue weighted by Crippen LogP contribution is -2.43. The van der Waals surface area contributed by atoms with Gasteiger partial charge < -0.3 is 10.2 Å². The molecule has 2 aliphatic heterocycles. The Labute approximate surface area is 150 Å². The van der Waals surface area contributed by atoms with Crippen LogP contribution in [-0.2, 0) is 0 Å². The average Bonchev–Trinajstić information content (AvgIpc) is 2.61. The van der Waals surface area contributed by atoms with E-state index in [0.29, 0.717) is 23.9 Å². The van der Waals surface area contributed by atoms with Crippen molar-refractivity contribution >= 4 is 11.8 Å². The van der Waals surface area contributed by atoms with Gasteiger partial charge >= 0.3 is 0 Å². The normalized spacial score (nSPS) is 21.8. The van der Waals surface area contributed by atoms with Crippen molar-refractivity contribution in [3.8, 4) is 0 Å². The van der Waals surface area contributed by atoms with E-state index in [4.69, 9.17) is 9.97 Å². The van der Waals surface area contributed by atoms with Crippen LogP contribution in [0.2, 0.25) is 0 Å². The Morgan fingerprint density at radius 3 is 2.52 bits per heavy atom. The largest absolute Gasteiger partial charge is 0.352 e. The van der Waals surface area contributed by atoms with E-state index in [2.05, 4.69) is 68.2 Å². The molecule has 2 bridgehead atoms. The molecule has 132 valence electrons. The molecule has 1 aliphatic carbocycles. The quantitative estimate of drug-likeness (QED) is 0.866.